The lowest BCUT2D eigenvalue weighted by Gasteiger charge is -2.27. The number of nitrogens with zero attached hydrogens (tertiary/aromatic N) is 1. The van der Waals surface area contributed by atoms with Gasteiger partial charge in [0.25, 0.3) is 0 Å². The first-order chi connectivity index (χ1) is 8.54. The van der Waals surface area contributed by atoms with Crippen molar-refractivity contribution in [1.82, 2.24) is 10.2 Å². The summed E-state index contributed by atoms with van der Waals surface area (Å²) in [6.45, 7) is 4.26. The molecule has 0 aromatic carbocycles. The molecule has 0 spiro atoms. The van der Waals surface area contributed by atoms with Gasteiger partial charge in [-0.3, -0.25) is 4.79 Å². The summed E-state index contributed by atoms with van der Waals surface area (Å²) in [6.07, 6.45) is 5.57. The lowest BCUT2D eigenvalue weighted by molar-refractivity contribution is -0.138. The third-order valence-electron chi connectivity index (χ3n) is 3.71. The molecule has 1 saturated carbocycles. The fourth-order valence-corrected chi connectivity index (χ4v) is 2.34. The maximum atomic E-state index is 12.0. The Morgan fingerprint density at radius 1 is 1.39 bits per heavy atom. The number of carboxylic acids is 1. The van der Waals surface area contributed by atoms with E-state index in [9.17, 15) is 9.59 Å². The number of hydrogen-bond donors (Lipinski definition) is 2. The molecule has 1 rings (SSSR count). The predicted molar refractivity (Wildman–Crippen MR) is 69.5 cm³/mol. The molecule has 1 aliphatic rings. The molecule has 5 nitrogen and oxygen atoms in total. The van der Waals surface area contributed by atoms with Crippen LogP contribution in [0.25, 0.3) is 0 Å². The van der Waals surface area contributed by atoms with Gasteiger partial charge in [0.1, 0.15) is 6.54 Å². The average Bonchev–Trinajstić information content (AvgIpc) is 2.85. The van der Waals surface area contributed by atoms with Crippen LogP contribution in [0.4, 0.5) is 4.79 Å². The van der Waals surface area contributed by atoms with Crippen molar-refractivity contribution in [3.63, 3.8) is 0 Å². The molecule has 1 aliphatic carbocycles. The normalized spacial score (nSPS) is 17.4. The van der Waals surface area contributed by atoms with E-state index in [1.54, 1.807) is 0 Å². The van der Waals surface area contributed by atoms with Gasteiger partial charge in [-0.1, -0.05) is 19.8 Å². The van der Waals surface area contributed by atoms with Crippen LogP contribution in [0.3, 0.4) is 0 Å². The summed E-state index contributed by atoms with van der Waals surface area (Å²) >= 11 is 0. The SMILES string of the molecule is CCC(C)N(CC(=O)O)C(=O)NCC1CCCC1. The van der Waals surface area contributed by atoms with Gasteiger partial charge in [0.15, 0.2) is 0 Å². The molecule has 0 radical (unpaired) electrons. The van der Waals surface area contributed by atoms with E-state index in [0.717, 1.165) is 6.42 Å². The summed E-state index contributed by atoms with van der Waals surface area (Å²) in [5, 5.41) is 11.7. The minimum atomic E-state index is -0.966. The van der Waals surface area contributed by atoms with Crippen LogP contribution in [-0.2, 0) is 4.79 Å². The highest BCUT2D eigenvalue weighted by atomic mass is 16.4. The Kier molecular flexibility index (Phi) is 5.95. The fraction of sp³-hybridized carbons (Fsp3) is 0.846. The van der Waals surface area contributed by atoms with E-state index < -0.39 is 5.97 Å². The molecule has 0 saturated heterocycles. The van der Waals surface area contributed by atoms with Crippen molar-refractivity contribution in [2.24, 2.45) is 5.92 Å². The number of carbonyl (C=O) groups excluding carboxylic acids is 1. The van der Waals surface area contributed by atoms with Crippen LogP contribution >= 0.6 is 0 Å². The summed E-state index contributed by atoms with van der Waals surface area (Å²) in [7, 11) is 0. The smallest absolute Gasteiger partial charge is 0.323 e. The first kappa shape index (κ1) is 14.8. The van der Waals surface area contributed by atoms with E-state index in [-0.39, 0.29) is 18.6 Å². The molecule has 5 heteroatoms. The molecule has 18 heavy (non-hydrogen) atoms. The fourth-order valence-electron chi connectivity index (χ4n) is 2.34. The first-order valence-corrected chi connectivity index (χ1v) is 6.80. The van der Waals surface area contributed by atoms with Crippen molar-refractivity contribution >= 4 is 12.0 Å². The van der Waals surface area contributed by atoms with Gasteiger partial charge in [-0.05, 0) is 32.1 Å². The molecular weight excluding hydrogens is 232 g/mol. The Morgan fingerprint density at radius 2 is 2.00 bits per heavy atom. The topological polar surface area (TPSA) is 69.6 Å². The molecule has 0 aliphatic heterocycles. The molecule has 2 amide bonds. The van der Waals surface area contributed by atoms with Gasteiger partial charge in [-0.15, -0.1) is 0 Å². The Labute approximate surface area is 109 Å². The highest BCUT2D eigenvalue weighted by molar-refractivity contribution is 5.80. The second-order valence-corrected chi connectivity index (χ2v) is 5.12. The zero-order valence-electron chi connectivity index (χ0n) is 11.3. The van der Waals surface area contributed by atoms with Crippen molar-refractivity contribution in [3.05, 3.63) is 0 Å². The molecule has 0 bridgehead atoms. The Bertz CT molecular complexity index is 288. The van der Waals surface area contributed by atoms with Crippen molar-refractivity contribution in [2.75, 3.05) is 13.1 Å². The van der Waals surface area contributed by atoms with Gasteiger partial charge in [-0.2, -0.15) is 0 Å². The monoisotopic (exact) mass is 256 g/mol. The maximum absolute atomic E-state index is 12.0. The lowest BCUT2D eigenvalue weighted by Crippen LogP contribution is -2.48. The molecule has 1 atom stereocenters. The molecule has 2 N–H and O–H groups in total. The number of rotatable bonds is 6. The lowest BCUT2D eigenvalue weighted by atomic mass is 10.1. The van der Waals surface area contributed by atoms with E-state index in [1.165, 1.54) is 30.6 Å². The van der Waals surface area contributed by atoms with Crippen molar-refractivity contribution in [2.45, 2.75) is 52.0 Å². The highest BCUT2D eigenvalue weighted by Gasteiger charge is 2.23. The van der Waals surface area contributed by atoms with Crippen LogP contribution in [0.15, 0.2) is 0 Å². The van der Waals surface area contributed by atoms with Crippen molar-refractivity contribution < 1.29 is 14.7 Å². The van der Waals surface area contributed by atoms with E-state index in [0.29, 0.717) is 12.5 Å². The van der Waals surface area contributed by atoms with Crippen LogP contribution in [0, 0.1) is 5.92 Å². The minimum Gasteiger partial charge on any atom is -0.480 e. The molecule has 1 unspecified atom stereocenters. The second kappa shape index (κ2) is 7.24. The van der Waals surface area contributed by atoms with Gasteiger partial charge >= 0.3 is 12.0 Å². The van der Waals surface area contributed by atoms with E-state index in [2.05, 4.69) is 5.32 Å². The molecule has 1 fully saturated rings. The number of carboxylic acid groups (broad SMARTS) is 1. The third kappa shape index (κ3) is 4.55. The van der Waals surface area contributed by atoms with E-state index >= 15 is 0 Å². The van der Waals surface area contributed by atoms with E-state index in [4.69, 9.17) is 5.11 Å². The molecule has 0 aromatic rings. The number of carbonyl (C=O) groups is 2. The predicted octanol–water partition coefficient (Wildman–Crippen LogP) is 2.07. The summed E-state index contributed by atoms with van der Waals surface area (Å²) in [5.74, 6) is -0.399. The number of aliphatic carboxylic acids is 1. The summed E-state index contributed by atoms with van der Waals surface area (Å²) in [4.78, 5) is 24.2. The number of amides is 2. The average molecular weight is 256 g/mol. The van der Waals surface area contributed by atoms with Crippen LogP contribution in [-0.4, -0.2) is 41.1 Å². The standard InChI is InChI=1S/C13H24N2O3/c1-3-10(2)15(9-12(16)17)13(18)14-8-11-6-4-5-7-11/h10-11H,3-9H2,1-2H3,(H,14,18)(H,16,17). The number of urea groups is 1. The third-order valence-corrected chi connectivity index (χ3v) is 3.71. The van der Waals surface area contributed by atoms with Gasteiger partial charge in [0, 0.05) is 12.6 Å². The molecule has 0 heterocycles. The summed E-state index contributed by atoms with van der Waals surface area (Å²) in [6, 6.07) is -0.302. The zero-order chi connectivity index (χ0) is 13.5. The molecule has 104 valence electrons. The minimum absolute atomic E-state index is 0.0512. The largest absolute Gasteiger partial charge is 0.480 e. The van der Waals surface area contributed by atoms with Crippen LogP contribution in [0.1, 0.15) is 46.0 Å². The van der Waals surface area contributed by atoms with Crippen molar-refractivity contribution in [3.8, 4) is 0 Å². The van der Waals surface area contributed by atoms with Crippen LogP contribution in [0.2, 0.25) is 0 Å². The maximum Gasteiger partial charge on any atom is 0.323 e. The molecule has 0 aromatic heterocycles. The van der Waals surface area contributed by atoms with E-state index in [1.807, 2.05) is 13.8 Å². The Morgan fingerprint density at radius 3 is 2.50 bits per heavy atom. The number of nitrogens with one attached hydrogen (secondary N) is 1. The molecular formula is C13H24N2O3. The van der Waals surface area contributed by atoms with Gasteiger partial charge in [0.05, 0.1) is 0 Å². The summed E-state index contributed by atoms with van der Waals surface area (Å²) in [5.41, 5.74) is 0. The highest BCUT2D eigenvalue weighted by Crippen LogP contribution is 2.23. The van der Waals surface area contributed by atoms with Crippen molar-refractivity contribution in [1.29, 1.82) is 0 Å². The number of hydrogen-bond acceptors (Lipinski definition) is 2. The van der Waals surface area contributed by atoms with Crippen LogP contribution in [0.5, 0.6) is 0 Å². The van der Waals surface area contributed by atoms with Crippen LogP contribution < -0.4 is 5.32 Å². The van der Waals surface area contributed by atoms with Gasteiger partial charge in [-0.25, -0.2) is 4.79 Å². The second-order valence-electron chi connectivity index (χ2n) is 5.12. The van der Waals surface area contributed by atoms with Gasteiger partial charge in [0.2, 0.25) is 0 Å². The summed E-state index contributed by atoms with van der Waals surface area (Å²) < 4.78 is 0. The quantitative estimate of drug-likeness (QED) is 0.764. The Hall–Kier alpha value is -1.26. The zero-order valence-corrected chi connectivity index (χ0v) is 11.3. The van der Waals surface area contributed by atoms with Gasteiger partial charge < -0.3 is 15.3 Å². The first-order valence-electron chi connectivity index (χ1n) is 6.80. The Balaban J connectivity index is 2.44.